The highest BCUT2D eigenvalue weighted by Gasteiger charge is 2.03. The highest BCUT2D eigenvalue weighted by atomic mass is 79.9. The van der Waals surface area contributed by atoms with Crippen LogP contribution >= 0.6 is 15.9 Å². The van der Waals surface area contributed by atoms with E-state index in [1.54, 1.807) is 0 Å². The highest BCUT2D eigenvalue weighted by molar-refractivity contribution is 9.09. The molecule has 2 nitrogen and oxygen atoms in total. The molecule has 11 heavy (non-hydrogen) atoms. The Morgan fingerprint density at radius 1 is 1.73 bits per heavy atom. The van der Waals surface area contributed by atoms with E-state index in [0.29, 0.717) is 4.83 Å². The Bertz CT molecular complexity index is 218. The van der Waals surface area contributed by atoms with Crippen molar-refractivity contribution in [2.45, 2.75) is 31.6 Å². The van der Waals surface area contributed by atoms with Crippen LogP contribution in [0.4, 0.5) is 0 Å². The minimum Gasteiger partial charge on any atom is -0.270 e. The van der Waals surface area contributed by atoms with Gasteiger partial charge in [0.15, 0.2) is 0 Å². The first-order valence-electron chi connectivity index (χ1n) is 3.88. The normalized spacial score (nSPS) is 13.4. The molecule has 1 aromatic heterocycles. The summed E-state index contributed by atoms with van der Waals surface area (Å²) in [6.45, 7) is 5.21. The van der Waals surface area contributed by atoms with E-state index in [2.05, 4.69) is 40.9 Å². The Kier molecular flexibility index (Phi) is 3.12. The van der Waals surface area contributed by atoms with Gasteiger partial charge in [-0.25, -0.2) is 0 Å². The fraction of sp³-hybridized carbons (Fsp3) is 0.625. The Morgan fingerprint density at radius 3 is 3.00 bits per heavy atom. The second-order valence-electron chi connectivity index (χ2n) is 2.62. The molecule has 1 aromatic rings. The molecule has 1 atom stereocenters. The molecule has 0 spiro atoms. The second kappa shape index (κ2) is 3.90. The number of nitrogens with zero attached hydrogens (tertiary/aromatic N) is 2. The first kappa shape index (κ1) is 8.78. The lowest BCUT2D eigenvalue weighted by Gasteiger charge is -2.05. The molecule has 1 rings (SSSR count). The Balaban J connectivity index is 2.68. The first-order valence-corrected chi connectivity index (χ1v) is 4.80. The summed E-state index contributed by atoms with van der Waals surface area (Å²) in [4.78, 5) is 0.532. The van der Waals surface area contributed by atoms with Gasteiger partial charge in [-0.15, -0.1) is 0 Å². The van der Waals surface area contributed by atoms with Gasteiger partial charge in [0.05, 0.1) is 0 Å². The molecule has 62 valence electrons. The van der Waals surface area contributed by atoms with E-state index in [1.165, 1.54) is 5.69 Å². The van der Waals surface area contributed by atoms with Crippen LogP contribution in [-0.2, 0) is 13.0 Å². The predicted octanol–water partition coefficient (Wildman–Crippen LogP) is 2.23. The van der Waals surface area contributed by atoms with Crippen molar-refractivity contribution in [1.29, 1.82) is 0 Å². The molecule has 0 saturated carbocycles. The molecule has 1 unspecified atom stereocenters. The number of aryl methyl sites for hydroxylation is 1. The molecule has 0 aliphatic heterocycles. The van der Waals surface area contributed by atoms with Crippen LogP contribution in [0.1, 0.15) is 19.5 Å². The summed E-state index contributed by atoms with van der Waals surface area (Å²) < 4.78 is 2.03. The zero-order valence-electron chi connectivity index (χ0n) is 6.92. The highest BCUT2D eigenvalue weighted by Crippen LogP contribution is 2.08. The van der Waals surface area contributed by atoms with Crippen molar-refractivity contribution in [3.63, 3.8) is 0 Å². The van der Waals surface area contributed by atoms with E-state index in [0.717, 1.165) is 13.0 Å². The van der Waals surface area contributed by atoms with Gasteiger partial charge in [0.2, 0.25) is 0 Å². The van der Waals surface area contributed by atoms with Crippen molar-refractivity contribution in [3.05, 3.63) is 18.0 Å². The summed E-state index contributed by atoms with van der Waals surface area (Å²) in [5, 5.41) is 4.18. The van der Waals surface area contributed by atoms with E-state index in [9.17, 15) is 0 Å². The number of hydrogen-bond acceptors (Lipinski definition) is 1. The monoisotopic (exact) mass is 216 g/mol. The number of rotatable bonds is 3. The van der Waals surface area contributed by atoms with Crippen molar-refractivity contribution in [3.8, 4) is 0 Å². The molecule has 0 saturated heterocycles. The molecular weight excluding hydrogens is 204 g/mol. The van der Waals surface area contributed by atoms with E-state index in [1.807, 2.05) is 10.9 Å². The number of hydrogen-bond donors (Lipinski definition) is 0. The van der Waals surface area contributed by atoms with Crippen LogP contribution in [0.15, 0.2) is 12.3 Å². The lowest BCUT2D eigenvalue weighted by molar-refractivity contribution is 0.619. The van der Waals surface area contributed by atoms with Gasteiger partial charge in [-0.2, -0.15) is 5.10 Å². The van der Waals surface area contributed by atoms with Crippen LogP contribution in [0.3, 0.4) is 0 Å². The van der Waals surface area contributed by atoms with Crippen molar-refractivity contribution in [2.75, 3.05) is 0 Å². The Labute approximate surface area is 75.7 Å². The third kappa shape index (κ3) is 2.33. The molecule has 0 N–H and O–H groups in total. The third-order valence-electron chi connectivity index (χ3n) is 1.59. The number of aromatic nitrogens is 2. The summed E-state index contributed by atoms with van der Waals surface area (Å²) in [6, 6.07) is 2.07. The lowest BCUT2D eigenvalue weighted by Crippen LogP contribution is -2.06. The molecule has 0 radical (unpaired) electrons. The topological polar surface area (TPSA) is 17.8 Å². The fourth-order valence-corrected chi connectivity index (χ4v) is 1.44. The Hall–Kier alpha value is -0.310. The van der Waals surface area contributed by atoms with Crippen LogP contribution in [0.2, 0.25) is 0 Å². The van der Waals surface area contributed by atoms with Crippen LogP contribution < -0.4 is 0 Å². The summed E-state index contributed by atoms with van der Waals surface area (Å²) in [5.74, 6) is 0. The molecule has 0 amide bonds. The number of alkyl halides is 1. The van der Waals surface area contributed by atoms with E-state index < -0.39 is 0 Å². The standard InChI is InChI=1S/C8H13BrN2/c1-3-11-8(4-5-10-11)6-7(2)9/h4-5,7H,3,6H2,1-2H3. The maximum Gasteiger partial charge on any atom is 0.0492 e. The van der Waals surface area contributed by atoms with E-state index >= 15 is 0 Å². The first-order chi connectivity index (χ1) is 5.24. The molecule has 3 heteroatoms. The van der Waals surface area contributed by atoms with Crippen LogP contribution in [0.25, 0.3) is 0 Å². The summed E-state index contributed by atoms with van der Waals surface area (Å²) in [5.41, 5.74) is 1.30. The third-order valence-corrected chi connectivity index (χ3v) is 1.92. The van der Waals surface area contributed by atoms with Gasteiger partial charge in [-0.1, -0.05) is 22.9 Å². The maximum absolute atomic E-state index is 4.18. The average molecular weight is 217 g/mol. The van der Waals surface area contributed by atoms with Gasteiger partial charge in [0.25, 0.3) is 0 Å². The molecule has 0 bridgehead atoms. The molecular formula is C8H13BrN2. The minimum absolute atomic E-state index is 0.532. The van der Waals surface area contributed by atoms with Crippen LogP contribution in [0.5, 0.6) is 0 Å². The molecule has 1 heterocycles. The zero-order chi connectivity index (χ0) is 8.27. The Morgan fingerprint density at radius 2 is 2.45 bits per heavy atom. The van der Waals surface area contributed by atoms with Gasteiger partial charge >= 0.3 is 0 Å². The predicted molar refractivity (Wildman–Crippen MR) is 50.0 cm³/mol. The smallest absolute Gasteiger partial charge is 0.0492 e. The van der Waals surface area contributed by atoms with Gasteiger partial charge in [-0.05, 0) is 13.0 Å². The van der Waals surface area contributed by atoms with Crippen molar-refractivity contribution in [2.24, 2.45) is 0 Å². The largest absolute Gasteiger partial charge is 0.270 e. The van der Waals surface area contributed by atoms with Gasteiger partial charge < -0.3 is 0 Å². The summed E-state index contributed by atoms with van der Waals surface area (Å²) in [6.07, 6.45) is 2.90. The van der Waals surface area contributed by atoms with Gasteiger partial charge in [0, 0.05) is 29.7 Å². The van der Waals surface area contributed by atoms with Crippen LogP contribution in [-0.4, -0.2) is 14.6 Å². The van der Waals surface area contributed by atoms with Crippen molar-refractivity contribution < 1.29 is 0 Å². The minimum atomic E-state index is 0.532. The maximum atomic E-state index is 4.18. The quantitative estimate of drug-likeness (QED) is 0.710. The molecule has 0 fully saturated rings. The SMILES string of the molecule is CCn1nccc1CC(C)Br. The average Bonchev–Trinajstić information content (AvgIpc) is 2.34. The van der Waals surface area contributed by atoms with Gasteiger partial charge in [-0.3, -0.25) is 4.68 Å². The molecule has 0 aromatic carbocycles. The van der Waals surface area contributed by atoms with Crippen molar-refractivity contribution >= 4 is 15.9 Å². The number of halogens is 1. The summed E-state index contributed by atoms with van der Waals surface area (Å²) in [7, 11) is 0. The lowest BCUT2D eigenvalue weighted by atomic mass is 10.2. The molecule has 0 aliphatic rings. The van der Waals surface area contributed by atoms with E-state index in [4.69, 9.17) is 0 Å². The van der Waals surface area contributed by atoms with Crippen molar-refractivity contribution in [1.82, 2.24) is 9.78 Å². The second-order valence-corrected chi connectivity index (χ2v) is 4.19. The van der Waals surface area contributed by atoms with Gasteiger partial charge in [0.1, 0.15) is 0 Å². The zero-order valence-corrected chi connectivity index (χ0v) is 8.50. The summed E-state index contributed by atoms with van der Waals surface area (Å²) >= 11 is 3.52. The van der Waals surface area contributed by atoms with E-state index in [-0.39, 0.29) is 0 Å². The fourth-order valence-electron chi connectivity index (χ4n) is 1.11. The molecule has 0 aliphatic carbocycles. The van der Waals surface area contributed by atoms with Crippen LogP contribution in [0, 0.1) is 0 Å².